The summed E-state index contributed by atoms with van der Waals surface area (Å²) in [5, 5.41) is 17.6. The average Bonchev–Trinajstić information content (AvgIpc) is 2.77. The molecule has 142 valence electrons. The van der Waals surface area contributed by atoms with E-state index in [4.69, 9.17) is 0 Å². The summed E-state index contributed by atoms with van der Waals surface area (Å²) >= 11 is 0. The van der Waals surface area contributed by atoms with Crippen molar-refractivity contribution >= 4 is 38.3 Å². The minimum absolute atomic E-state index is 0.216. The Hall–Kier alpha value is -3.69. The van der Waals surface area contributed by atoms with Gasteiger partial charge in [-0.1, -0.05) is 78.9 Å². The van der Waals surface area contributed by atoms with Gasteiger partial charge in [-0.25, -0.2) is 0 Å². The molecule has 0 spiro atoms. The van der Waals surface area contributed by atoms with E-state index in [2.05, 4.69) is 54.3 Å². The summed E-state index contributed by atoms with van der Waals surface area (Å²) < 4.78 is 0. The minimum Gasteiger partial charge on any atom is -0.545 e. The number of quaternary nitrogens is 1. The highest BCUT2D eigenvalue weighted by Crippen LogP contribution is 2.23. The van der Waals surface area contributed by atoms with Gasteiger partial charge in [-0.3, -0.25) is 0 Å². The van der Waals surface area contributed by atoms with Crippen LogP contribution in [-0.4, -0.2) is 5.97 Å². The molecule has 0 bridgehead atoms. The topological polar surface area (TPSA) is 67.8 Å². The fourth-order valence-corrected chi connectivity index (χ4v) is 3.58. The molecule has 0 saturated heterocycles. The van der Waals surface area contributed by atoms with Crippen molar-refractivity contribution in [1.29, 1.82) is 0 Å². The molecule has 0 atom stereocenters. The van der Waals surface area contributed by atoms with E-state index >= 15 is 0 Å². The van der Waals surface area contributed by atoms with Crippen molar-refractivity contribution in [2.24, 2.45) is 0 Å². The third-order valence-electron chi connectivity index (χ3n) is 5.09. The molecule has 3 nitrogen and oxygen atoms in total. The largest absolute Gasteiger partial charge is 0.545 e. The van der Waals surface area contributed by atoms with Crippen molar-refractivity contribution in [1.82, 2.24) is 0 Å². The number of hydrogen-bond acceptors (Lipinski definition) is 2. The molecule has 0 fully saturated rings. The Balaban J connectivity index is 0.000000150. The smallest absolute Gasteiger partial charge is 0.100 e. The third kappa shape index (κ3) is 3.96. The number of carboxylic acid groups (broad SMARTS) is 1. The second-order valence-corrected chi connectivity index (χ2v) is 6.94. The highest BCUT2D eigenvalue weighted by molar-refractivity contribution is 6.01. The molecule has 0 heterocycles. The molecule has 5 rings (SSSR count). The van der Waals surface area contributed by atoms with Crippen molar-refractivity contribution in [3.8, 4) is 0 Å². The molecule has 0 aliphatic rings. The molecule has 3 heteroatoms. The highest BCUT2D eigenvalue weighted by Gasteiger charge is 2.00. The van der Waals surface area contributed by atoms with E-state index in [-0.39, 0.29) is 5.56 Å². The van der Waals surface area contributed by atoms with Gasteiger partial charge in [-0.05, 0) is 56.1 Å². The number of benzene rings is 5. The van der Waals surface area contributed by atoms with Gasteiger partial charge >= 0.3 is 0 Å². The third-order valence-corrected chi connectivity index (χ3v) is 5.09. The van der Waals surface area contributed by atoms with Gasteiger partial charge in [0.05, 0.1) is 5.97 Å². The summed E-state index contributed by atoms with van der Waals surface area (Å²) in [6.07, 6.45) is 0. The molecule has 0 aliphatic heterocycles. The summed E-state index contributed by atoms with van der Waals surface area (Å²) in [6.45, 7) is 0.862. The summed E-state index contributed by atoms with van der Waals surface area (Å²) in [5.74, 6) is -1.14. The lowest BCUT2D eigenvalue weighted by Gasteiger charge is -2.06. The Kier molecular flexibility index (Phi) is 5.23. The maximum atomic E-state index is 10.8. The number of carboxylic acids is 1. The van der Waals surface area contributed by atoms with Gasteiger partial charge in [0.1, 0.15) is 6.54 Å². The zero-order chi connectivity index (χ0) is 20.2. The lowest BCUT2D eigenvalue weighted by atomic mass is 10.0. The number of carbonyl (C=O) groups is 1. The van der Waals surface area contributed by atoms with Crippen molar-refractivity contribution in [2.75, 3.05) is 0 Å². The molecule has 0 aromatic heterocycles. The first-order chi connectivity index (χ1) is 14.2. The number of hydrogen-bond donors (Lipinski definition) is 1. The van der Waals surface area contributed by atoms with Crippen LogP contribution in [0.15, 0.2) is 97.1 Å². The summed E-state index contributed by atoms with van der Waals surface area (Å²) in [4.78, 5) is 10.8. The zero-order valence-electron chi connectivity index (χ0n) is 16.0. The van der Waals surface area contributed by atoms with Crippen molar-refractivity contribution in [3.63, 3.8) is 0 Å². The Morgan fingerprint density at radius 2 is 1.24 bits per heavy atom. The van der Waals surface area contributed by atoms with Crippen molar-refractivity contribution in [3.05, 3.63) is 108 Å². The first-order valence-corrected chi connectivity index (χ1v) is 9.55. The molecule has 0 radical (unpaired) electrons. The van der Waals surface area contributed by atoms with Crippen LogP contribution >= 0.6 is 0 Å². The van der Waals surface area contributed by atoms with Crippen LogP contribution in [0.1, 0.15) is 15.9 Å². The van der Waals surface area contributed by atoms with Gasteiger partial charge in [0.25, 0.3) is 0 Å². The number of carbonyl (C=O) groups excluding carboxylic acids is 1. The van der Waals surface area contributed by atoms with Crippen LogP contribution in [0.25, 0.3) is 32.3 Å². The Bertz CT molecular complexity index is 1320. The average molecular weight is 379 g/mol. The SMILES string of the molecule is O=C([O-])c1ccc2cc3ccccc3cc2c1.[NH3+]Cc1cccc2ccccc12. The van der Waals surface area contributed by atoms with E-state index in [1.54, 1.807) is 12.1 Å². The maximum Gasteiger partial charge on any atom is 0.100 e. The first kappa shape index (κ1) is 18.7. The molecular formula is C26H21NO2. The normalized spacial score (nSPS) is 10.7. The quantitative estimate of drug-likeness (QED) is 0.472. The van der Waals surface area contributed by atoms with Crippen LogP contribution in [-0.2, 0) is 6.54 Å². The summed E-state index contributed by atoms with van der Waals surface area (Å²) in [6, 6.07) is 31.9. The van der Waals surface area contributed by atoms with Crippen LogP contribution in [0.4, 0.5) is 0 Å². The summed E-state index contributed by atoms with van der Waals surface area (Å²) in [5.41, 5.74) is 5.45. The molecule has 5 aromatic carbocycles. The highest BCUT2D eigenvalue weighted by atomic mass is 16.4. The second-order valence-electron chi connectivity index (χ2n) is 6.94. The zero-order valence-corrected chi connectivity index (χ0v) is 16.0. The fraction of sp³-hybridized carbons (Fsp3) is 0.0385. The van der Waals surface area contributed by atoms with Gasteiger partial charge in [0, 0.05) is 5.56 Å². The summed E-state index contributed by atoms with van der Waals surface area (Å²) in [7, 11) is 0. The van der Waals surface area contributed by atoms with Crippen LogP contribution in [0.3, 0.4) is 0 Å². The lowest BCUT2D eigenvalue weighted by Crippen LogP contribution is -2.47. The molecular weight excluding hydrogens is 358 g/mol. The molecule has 5 aromatic rings. The maximum absolute atomic E-state index is 10.8. The molecule has 29 heavy (non-hydrogen) atoms. The van der Waals surface area contributed by atoms with Gasteiger partial charge in [-0.2, -0.15) is 0 Å². The number of aromatic carboxylic acids is 1. The Morgan fingerprint density at radius 3 is 1.93 bits per heavy atom. The number of fused-ring (bicyclic) bond motifs is 3. The van der Waals surface area contributed by atoms with E-state index in [9.17, 15) is 9.90 Å². The predicted molar refractivity (Wildman–Crippen MR) is 116 cm³/mol. The van der Waals surface area contributed by atoms with Crippen LogP contribution in [0.5, 0.6) is 0 Å². The fourth-order valence-electron chi connectivity index (χ4n) is 3.58. The van der Waals surface area contributed by atoms with Gasteiger partial charge in [0.2, 0.25) is 0 Å². The van der Waals surface area contributed by atoms with Crippen LogP contribution in [0.2, 0.25) is 0 Å². The molecule has 0 amide bonds. The molecule has 0 unspecified atom stereocenters. The van der Waals surface area contributed by atoms with E-state index in [0.717, 1.165) is 28.1 Å². The van der Waals surface area contributed by atoms with Gasteiger partial charge < -0.3 is 15.6 Å². The second kappa shape index (κ2) is 8.13. The Morgan fingerprint density at radius 1 is 0.655 bits per heavy atom. The first-order valence-electron chi connectivity index (χ1n) is 9.55. The Labute approximate surface area is 169 Å². The van der Waals surface area contributed by atoms with Crippen LogP contribution in [0, 0.1) is 0 Å². The van der Waals surface area contributed by atoms with Crippen molar-refractivity contribution < 1.29 is 15.6 Å². The van der Waals surface area contributed by atoms with Crippen molar-refractivity contribution in [2.45, 2.75) is 6.54 Å². The monoisotopic (exact) mass is 379 g/mol. The molecule has 3 N–H and O–H groups in total. The van der Waals surface area contributed by atoms with E-state index < -0.39 is 5.97 Å². The molecule has 0 saturated carbocycles. The van der Waals surface area contributed by atoms with Gasteiger partial charge in [-0.15, -0.1) is 0 Å². The van der Waals surface area contributed by atoms with E-state index in [1.807, 2.05) is 36.4 Å². The minimum atomic E-state index is -1.14. The standard InChI is InChI=1S/C15H10O2.C11H11N/c16-15(17)13-6-5-12-7-10-3-1-2-4-11(10)8-14(12)9-13;12-8-10-6-3-5-9-4-1-2-7-11(9)10/h1-9H,(H,16,17);1-7H,8,12H2. The van der Waals surface area contributed by atoms with E-state index in [1.165, 1.54) is 16.3 Å². The number of rotatable bonds is 2. The molecule has 0 aliphatic carbocycles. The van der Waals surface area contributed by atoms with Gasteiger partial charge in [0.15, 0.2) is 0 Å². The predicted octanol–water partition coefficient (Wildman–Crippen LogP) is 3.94. The lowest BCUT2D eigenvalue weighted by molar-refractivity contribution is -0.386. The van der Waals surface area contributed by atoms with E-state index in [0.29, 0.717) is 0 Å². The van der Waals surface area contributed by atoms with Crippen LogP contribution < -0.4 is 10.8 Å².